The van der Waals surface area contributed by atoms with Crippen molar-refractivity contribution < 1.29 is 17.6 Å². The molecule has 0 aliphatic heterocycles. The van der Waals surface area contributed by atoms with E-state index < -0.39 is 10.0 Å². The van der Waals surface area contributed by atoms with Gasteiger partial charge in [0.1, 0.15) is 11.3 Å². The van der Waals surface area contributed by atoms with Gasteiger partial charge in [-0.3, -0.25) is 9.52 Å². The molecule has 2 aromatic carbocycles. The fraction of sp³-hybridized carbons (Fsp3) is 0.211. The van der Waals surface area contributed by atoms with Gasteiger partial charge in [-0.05, 0) is 67.4 Å². The number of ketones is 1. The van der Waals surface area contributed by atoms with E-state index >= 15 is 0 Å². The van der Waals surface area contributed by atoms with Gasteiger partial charge in [0.2, 0.25) is 0 Å². The highest BCUT2D eigenvalue weighted by Crippen LogP contribution is 2.35. The molecule has 1 aromatic heterocycles. The number of anilines is 1. The second kappa shape index (κ2) is 6.55. The number of carbonyl (C=O) groups is 1. The van der Waals surface area contributed by atoms with Gasteiger partial charge in [-0.1, -0.05) is 17.7 Å². The van der Waals surface area contributed by atoms with E-state index in [1.807, 2.05) is 13.0 Å². The second-order valence-electron chi connectivity index (χ2n) is 6.30. The lowest BCUT2D eigenvalue weighted by molar-refractivity contribution is 0.101. The van der Waals surface area contributed by atoms with Crippen molar-refractivity contribution in [2.45, 2.75) is 32.6 Å². The summed E-state index contributed by atoms with van der Waals surface area (Å²) in [5.74, 6) is 0.366. The van der Waals surface area contributed by atoms with Crippen LogP contribution in [0.2, 0.25) is 0 Å². The van der Waals surface area contributed by atoms with Gasteiger partial charge >= 0.3 is 0 Å². The topological polar surface area (TPSA) is 76.4 Å². The van der Waals surface area contributed by atoms with E-state index in [1.165, 1.54) is 6.92 Å². The van der Waals surface area contributed by atoms with Crippen molar-refractivity contribution >= 4 is 48.4 Å². The SMILES string of the molecule is CC(=O)c1c(C)oc2c(Br)cc(NS(=O)(=O)c3ccc(C)cc3C)cc12. The molecule has 0 saturated heterocycles. The lowest BCUT2D eigenvalue weighted by atomic mass is 10.1. The number of fused-ring (bicyclic) bond motifs is 1. The first-order valence-electron chi connectivity index (χ1n) is 7.94. The molecular weight excluding hydrogens is 418 g/mol. The van der Waals surface area contributed by atoms with Crippen molar-refractivity contribution in [1.29, 1.82) is 0 Å². The molecular formula is C19H18BrNO4S. The molecule has 1 N–H and O–H groups in total. The number of Topliss-reactive ketones (excluding diaryl/α,β-unsaturated/α-hetero) is 1. The van der Waals surface area contributed by atoms with Gasteiger partial charge in [0, 0.05) is 5.39 Å². The first-order chi connectivity index (χ1) is 12.1. The Labute approximate surface area is 160 Å². The molecule has 0 radical (unpaired) electrons. The van der Waals surface area contributed by atoms with Crippen LogP contribution in [0.3, 0.4) is 0 Å². The summed E-state index contributed by atoms with van der Waals surface area (Å²) in [6.45, 7) is 6.83. The monoisotopic (exact) mass is 435 g/mol. The summed E-state index contributed by atoms with van der Waals surface area (Å²) in [4.78, 5) is 12.2. The van der Waals surface area contributed by atoms with Gasteiger partial charge in [0.15, 0.2) is 5.78 Å². The van der Waals surface area contributed by atoms with Crippen LogP contribution in [0.15, 0.2) is 44.1 Å². The van der Waals surface area contributed by atoms with Gasteiger partial charge in [-0.25, -0.2) is 8.42 Å². The first-order valence-corrected chi connectivity index (χ1v) is 10.2. The third kappa shape index (κ3) is 3.29. The second-order valence-corrected chi connectivity index (χ2v) is 8.80. The molecule has 0 atom stereocenters. The van der Waals surface area contributed by atoms with Crippen LogP contribution in [-0.4, -0.2) is 14.2 Å². The number of halogens is 1. The molecule has 0 aliphatic rings. The van der Waals surface area contributed by atoms with Crippen LogP contribution >= 0.6 is 15.9 Å². The number of nitrogens with one attached hydrogen (secondary N) is 1. The number of hydrogen-bond acceptors (Lipinski definition) is 4. The van der Waals surface area contributed by atoms with Crippen LogP contribution in [0.5, 0.6) is 0 Å². The van der Waals surface area contributed by atoms with Crippen molar-refractivity contribution in [2.75, 3.05) is 4.72 Å². The molecule has 26 heavy (non-hydrogen) atoms. The standard InChI is InChI=1S/C19H18BrNO4S/c1-10-5-6-17(11(2)7-10)26(23,24)21-14-8-15-18(12(3)22)13(4)25-19(15)16(20)9-14/h5-9,21H,1-4H3. The van der Waals surface area contributed by atoms with Gasteiger partial charge in [0.25, 0.3) is 10.0 Å². The Balaban J connectivity index is 2.11. The lowest BCUT2D eigenvalue weighted by Crippen LogP contribution is -2.14. The number of carbonyl (C=O) groups excluding carboxylic acids is 1. The number of aryl methyl sites for hydroxylation is 3. The average Bonchev–Trinajstić information content (AvgIpc) is 2.83. The van der Waals surface area contributed by atoms with Crippen LogP contribution in [0.25, 0.3) is 11.0 Å². The van der Waals surface area contributed by atoms with E-state index in [0.717, 1.165) is 5.56 Å². The van der Waals surface area contributed by atoms with Gasteiger partial charge in [0.05, 0.1) is 20.6 Å². The van der Waals surface area contributed by atoms with E-state index in [4.69, 9.17) is 4.42 Å². The molecule has 1 heterocycles. The van der Waals surface area contributed by atoms with Crippen LogP contribution in [-0.2, 0) is 10.0 Å². The van der Waals surface area contributed by atoms with E-state index in [-0.39, 0.29) is 10.7 Å². The molecule has 5 nitrogen and oxygen atoms in total. The number of sulfonamides is 1. The molecule has 0 amide bonds. The maximum Gasteiger partial charge on any atom is 0.262 e. The van der Waals surface area contributed by atoms with Gasteiger partial charge < -0.3 is 4.42 Å². The molecule has 0 fully saturated rings. The van der Waals surface area contributed by atoms with Crippen LogP contribution in [0, 0.1) is 20.8 Å². The number of hydrogen-bond donors (Lipinski definition) is 1. The molecule has 3 aromatic rings. The minimum atomic E-state index is -3.76. The smallest absolute Gasteiger partial charge is 0.262 e. The van der Waals surface area contributed by atoms with Gasteiger partial charge in [-0.15, -0.1) is 0 Å². The Morgan fingerprint density at radius 2 is 1.81 bits per heavy atom. The number of benzene rings is 2. The summed E-state index contributed by atoms with van der Waals surface area (Å²) < 4.78 is 34.4. The molecule has 0 spiro atoms. The van der Waals surface area contributed by atoms with E-state index in [2.05, 4.69) is 20.7 Å². The summed E-state index contributed by atoms with van der Waals surface area (Å²) in [5.41, 5.74) is 2.98. The Bertz CT molecular complexity index is 1150. The van der Waals surface area contributed by atoms with Crippen LogP contribution in [0.1, 0.15) is 34.2 Å². The lowest BCUT2D eigenvalue weighted by Gasteiger charge is -2.11. The van der Waals surface area contributed by atoms with Crippen molar-refractivity contribution in [3.63, 3.8) is 0 Å². The third-order valence-corrected chi connectivity index (χ3v) is 6.27. The third-order valence-electron chi connectivity index (χ3n) is 4.14. The quantitative estimate of drug-likeness (QED) is 0.576. The Morgan fingerprint density at radius 1 is 1.12 bits per heavy atom. The fourth-order valence-corrected chi connectivity index (χ4v) is 4.89. The summed E-state index contributed by atoms with van der Waals surface area (Å²) in [7, 11) is -3.76. The Morgan fingerprint density at radius 3 is 2.42 bits per heavy atom. The average molecular weight is 436 g/mol. The number of furan rings is 1. The van der Waals surface area contributed by atoms with Gasteiger partial charge in [-0.2, -0.15) is 0 Å². The molecule has 0 aliphatic carbocycles. The Kier molecular flexibility index (Phi) is 4.71. The minimum absolute atomic E-state index is 0.137. The van der Waals surface area contributed by atoms with Crippen molar-refractivity contribution in [1.82, 2.24) is 0 Å². The molecule has 136 valence electrons. The molecule has 0 saturated carbocycles. The maximum atomic E-state index is 12.8. The van der Waals surface area contributed by atoms with E-state index in [1.54, 1.807) is 38.1 Å². The Hall–Kier alpha value is -2.12. The highest BCUT2D eigenvalue weighted by atomic mass is 79.9. The normalized spacial score (nSPS) is 11.7. The first kappa shape index (κ1) is 18.7. The summed E-state index contributed by atoms with van der Waals surface area (Å²) in [5, 5.41) is 0.572. The predicted octanol–water partition coefficient (Wildman–Crippen LogP) is 5.12. The highest BCUT2D eigenvalue weighted by molar-refractivity contribution is 9.10. The van der Waals surface area contributed by atoms with Crippen molar-refractivity contribution in [3.8, 4) is 0 Å². The zero-order valence-electron chi connectivity index (χ0n) is 14.8. The zero-order chi connectivity index (χ0) is 19.2. The molecule has 3 rings (SSSR count). The van der Waals surface area contributed by atoms with Crippen LogP contribution in [0.4, 0.5) is 5.69 Å². The summed E-state index contributed by atoms with van der Waals surface area (Å²) in [6.07, 6.45) is 0. The maximum absolute atomic E-state index is 12.8. The zero-order valence-corrected chi connectivity index (χ0v) is 17.2. The minimum Gasteiger partial charge on any atom is -0.459 e. The largest absolute Gasteiger partial charge is 0.459 e. The predicted molar refractivity (Wildman–Crippen MR) is 105 cm³/mol. The molecule has 7 heteroatoms. The molecule has 0 bridgehead atoms. The number of rotatable bonds is 4. The molecule has 0 unspecified atom stereocenters. The van der Waals surface area contributed by atoms with Crippen LogP contribution < -0.4 is 4.72 Å². The van der Waals surface area contributed by atoms with Crippen molar-refractivity contribution in [2.24, 2.45) is 0 Å². The van der Waals surface area contributed by atoms with Crippen molar-refractivity contribution in [3.05, 3.63) is 57.3 Å². The summed E-state index contributed by atoms with van der Waals surface area (Å²) >= 11 is 3.39. The summed E-state index contributed by atoms with van der Waals surface area (Å²) in [6, 6.07) is 8.41. The fourth-order valence-electron chi connectivity index (χ4n) is 3.08. The highest BCUT2D eigenvalue weighted by Gasteiger charge is 2.21. The van der Waals surface area contributed by atoms with E-state index in [9.17, 15) is 13.2 Å². The van der Waals surface area contributed by atoms with E-state index in [0.29, 0.717) is 38.0 Å².